The average Bonchev–Trinajstić information content (AvgIpc) is 3.48. The van der Waals surface area contributed by atoms with E-state index < -0.39 is 27.7 Å². The van der Waals surface area contributed by atoms with E-state index in [2.05, 4.69) is 9.71 Å². The van der Waals surface area contributed by atoms with E-state index in [4.69, 9.17) is 4.74 Å². The molecule has 31 heavy (non-hydrogen) atoms. The van der Waals surface area contributed by atoms with Crippen LogP contribution >= 0.6 is 0 Å². The van der Waals surface area contributed by atoms with Crippen LogP contribution in [0.5, 0.6) is 11.5 Å². The molecule has 1 N–H and O–H groups in total. The number of hydrogen-bond acceptors (Lipinski definition) is 5. The lowest BCUT2D eigenvalue weighted by Gasteiger charge is -2.21. The van der Waals surface area contributed by atoms with Crippen molar-refractivity contribution in [2.75, 3.05) is 11.0 Å². The van der Waals surface area contributed by atoms with Crippen molar-refractivity contribution in [1.29, 1.82) is 0 Å². The third-order valence-corrected chi connectivity index (χ3v) is 5.54. The zero-order valence-corrected chi connectivity index (χ0v) is 17.5. The van der Waals surface area contributed by atoms with E-state index in [-0.39, 0.29) is 28.5 Å². The molecule has 2 aliphatic rings. The number of nitrogens with zero attached hydrogens (tertiary/aromatic N) is 1. The van der Waals surface area contributed by atoms with Crippen molar-refractivity contribution in [3.05, 3.63) is 65.2 Å². The van der Waals surface area contributed by atoms with Gasteiger partial charge >= 0.3 is 0 Å². The number of sulfonamides is 1. The van der Waals surface area contributed by atoms with E-state index >= 15 is 0 Å². The van der Waals surface area contributed by atoms with Crippen molar-refractivity contribution in [2.45, 2.75) is 25.3 Å². The van der Waals surface area contributed by atoms with Crippen molar-refractivity contribution in [3.63, 3.8) is 0 Å². The molecule has 1 heterocycles. The van der Waals surface area contributed by atoms with Gasteiger partial charge in [-0.1, -0.05) is 12.1 Å². The lowest BCUT2D eigenvalue weighted by Crippen LogP contribution is -2.16. The minimum Gasteiger partial charge on any atom is -0.452 e. The van der Waals surface area contributed by atoms with Gasteiger partial charge < -0.3 is 4.74 Å². The molecule has 9 heteroatoms. The molecule has 1 unspecified atom stereocenters. The second-order valence-electron chi connectivity index (χ2n) is 7.72. The van der Waals surface area contributed by atoms with E-state index in [0.717, 1.165) is 43.2 Å². The summed E-state index contributed by atoms with van der Waals surface area (Å²) in [4.78, 5) is 17.2. The Bertz CT molecular complexity index is 1200. The number of aliphatic imine (C=N–C) groups is 1. The third-order valence-electron chi connectivity index (χ3n) is 4.95. The normalized spacial score (nSPS) is 18.6. The van der Waals surface area contributed by atoms with Crippen molar-refractivity contribution >= 4 is 27.7 Å². The summed E-state index contributed by atoms with van der Waals surface area (Å²) in [6, 6.07) is 6.31. The Kier molecular flexibility index (Phi) is 5.62. The van der Waals surface area contributed by atoms with Crippen molar-refractivity contribution in [1.82, 2.24) is 0 Å². The number of halogens is 2. The summed E-state index contributed by atoms with van der Waals surface area (Å²) in [5.41, 5.74) is 1.13. The highest BCUT2D eigenvalue weighted by Gasteiger charge is 2.29. The zero-order valence-electron chi connectivity index (χ0n) is 16.6. The first-order valence-electron chi connectivity index (χ1n) is 9.71. The lowest BCUT2D eigenvalue weighted by atomic mass is 9.96. The van der Waals surface area contributed by atoms with E-state index in [0.29, 0.717) is 12.0 Å². The Morgan fingerprint density at radius 1 is 1.19 bits per heavy atom. The SMILES string of the molecule is CS(=O)(=O)Nc1cccc(C2N=CC(CC3CC3)=CC2=O)c1Oc1ccc(F)cc1F. The maximum atomic E-state index is 14.2. The summed E-state index contributed by atoms with van der Waals surface area (Å²) in [6.45, 7) is 0. The Morgan fingerprint density at radius 2 is 1.97 bits per heavy atom. The second kappa shape index (κ2) is 8.22. The molecule has 0 bridgehead atoms. The number of allylic oxidation sites excluding steroid dienone is 1. The number of hydrogen-bond donors (Lipinski definition) is 1. The fourth-order valence-corrected chi connectivity index (χ4v) is 3.94. The summed E-state index contributed by atoms with van der Waals surface area (Å²) < 4.78 is 59.1. The highest BCUT2D eigenvalue weighted by molar-refractivity contribution is 7.92. The lowest BCUT2D eigenvalue weighted by molar-refractivity contribution is -0.116. The Morgan fingerprint density at radius 3 is 2.61 bits per heavy atom. The monoisotopic (exact) mass is 446 g/mol. The highest BCUT2D eigenvalue weighted by Crippen LogP contribution is 2.41. The molecular formula is C22H20F2N2O4S. The quantitative estimate of drug-likeness (QED) is 0.676. The molecule has 6 nitrogen and oxygen atoms in total. The molecule has 2 aromatic rings. The van der Waals surface area contributed by atoms with Gasteiger partial charge in [-0.05, 0) is 55.0 Å². The zero-order chi connectivity index (χ0) is 22.2. The number of carbonyl (C=O) groups excluding carboxylic acids is 1. The highest BCUT2D eigenvalue weighted by atomic mass is 32.2. The Balaban J connectivity index is 1.73. The number of nitrogens with one attached hydrogen (secondary N) is 1. The van der Waals surface area contributed by atoms with Gasteiger partial charge in [-0.2, -0.15) is 0 Å². The molecular weight excluding hydrogens is 426 g/mol. The molecule has 0 spiro atoms. The van der Waals surface area contributed by atoms with Crippen molar-refractivity contribution in [3.8, 4) is 11.5 Å². The molecule has 0 saturated heterocycles. The van der Waals surface area contributed by atoms with Crippen LogP contribution in [0.2, 0.25) is 0 Å². The van der Waals surface area contributed by atoms with Gasteiger partial charge in [0.1, 0.15) is 11.9 Å². The fourth-order valence-electron chi connectivity index (χ4n) is 3.38. The maximum absolute atomic E-state index is 14.2. The number of carbonyl (C=O) groups is 1. The van der Waals surface area contributed by atoms with Crippen LogP contribution in [0.1, 0.15) is 30.9 Å². The van der Waals surface area contributed by atoms with Crippen LogP contribution in [0.15, 0.2) is 53.0 Å². The average molecular weight is 446 g/mol. The molecule has 1 saturated carbocycles. The van der Waals surface area contributed by atoms with E-state index in [1.165, 1.54) is 12.1 Å². The van der Waals surface area contributed by atoms with E-state index in [1.54, 1.807) is 18.3 Å². The largest absolute Gasteiger partial charge is 0.452 e. The van der Waals surface area contributed by atoms with Gasteiger partial charge in [0.25, 0.3) is 0 Å². The minimum atomic E-state index is -3.70. The molecule has 1 aliphatic heterocycles. The van der Waals surface area contributed by atoms with Crippen LogP contribution < -0.4 is 9.46 Å². The summed E-state index contributed by atoms with van der Waals surface area (Å²) in [5, 5.41) is 0. The fraction of sp³-hybridized carbons (Fsp3) is 0.273. The Hall–Kier alpha value is -3.07. The molecule has 1 aliphatic carbocycles. The first kappa shape index (κ1) is 21.2. The van der Waals surface area contributed by atoms with E-state index in [1.807, 2.05) is 0 Å². The second-order valence-corrected chi connectivity index (χ2v) is 9.47. The first-order valence-corrected chi connectivity index (χ1v) is 11.6. The summed E-state index contributed by atoms with van der Waals surface area (Å²) in [5.74, 6) is -1.84. The smallest absolute Gasteiger partial charge is 0.229 e. The van der Waals surface area contributed by atoms with Crippen LogP contribution in [0.25, 0.3) is 0 Å². The van der Waals surface area contributed by atoms with Crippen LogP contribution in [0, 0.1) is 17.6 Å². The summed E-state index contributed by atoms with van der Waals surface area (Å²) in [6.07, 6.45) is 7.21. The molecule has 1 fully saturated rings. The number of rotatable bonds is 7. The van der Waals surface area contributed by atoms with Gasteiger partial charge in [0.15, 0.2) is 23.1 Å². The predicted octanol–water partition coefficient (Wildman–Crippen LogP) is 4.55. The third kappa shape index (κ3) is 5.16. The minimum absolute atomic E-state index is 0.0134. The standard InChI is InChI=1S/C22H20F2N2O4S/c1-31(28,29)26-18-4-2-3-16(22(18)30-20-8-7-15(23)11-17(20)24)21-19(27)10-14(12-25-21)9-13-5-6-13/h2-4,7-8,10-13,21,26H,5-6,9H2,1H3. The molecule has 0 aromatic heterocycles. The van der Waals surface area contributed by atoms with E-state index in [9.17, 15) is 22.0 Å². The summed E-state index contributed by atoms with van der Waals surface area (Å²) >= 11 is 0. The topological polar surface area (TPSA) is 84.8 Å². The van der Waals surface area contributed by atoms with Gasteiger partial charge in [-0.15, -0.1) is 0 Å². The molecule has 2 aromatic carbocycles. The number of benzene rings is 2. The molecule has 162 valence electrons. The Labute approximate surface area is 178 Å². The van der Waals surface area contributed by atoms with Gasteiger partial charge in [0.2, 0.25) is 10.0 Å². The van der Waals surface area contributed by atoms with Crippen molar-refractivity contribution in [2.24, 2.45) is 10.9 Å². The number of para-hydroxylation sites is 1. The van der Waals surface area contributed by atoms with Crippen LogP contribution in [-0.2, 0) is 14.8 Å². The first-order chi connectivity index (χ1) is 14.7. The van der Waals surface area contributed by atoms with Gasteiger partial charge in [-0.3, -0.25) is 14.5 Å². The number of ketones is 1. The number of dihydropyridines is 1. The maximum Gasteiger partial charge on any atom is 0.229 e. The molecule has 0 radical (unpaired) electrons. The predicted molar refractivity (Wildman–Crippen MR) is 113 cm³/mol. The van der Waals surface area contributed by atoms with Gasteiger partial charge in [-0.25, -0.2) is 17.2 Å². The van der Waals surface area contributed by atoms with Gasteiger partial charge in [0, 0.05) is 17.8 Å². The molecule has 1 atom stereocenters. The number of anilines is 1. The van der Waals surface area contributed by atoms with Crippen LogP contribution in [0.4, 0.5) is 14.5 Å². The van der Waals surface area contributed by atoms with Gasteiger partial charge in [0.05, 0.1) is 11.9 Å². The van der Waals surface area contributed by atoms with Crippen molar-refractivity contribution < 1.29 is 26.7 Å². The van der Waals surface area contributed by atoms with Crippen LogP contribution in [-0.4, -0.2) is 26.7 Å². The van der Waals surface area contributed by atoms with Crippen LogP contribution in [0.3, 0.4) is 0 Å². The summed E-state index contributed by atoms with van der Waals surface area (Å²) in [7, 11) is -3.70. The molecule has 4 rings (SSSR count). The molecule has 0 amide bonds. The number of ether oxygens (including phenoxy) is 1.